The van der Waals surface area contributed by atoms with Gasteiger partial charge in [-0.1, -0.05) is 48.5 Å². The number of hydrogen-bond donors (Lipinski definition) is 2. The third-order valence-electron chi connectivity index (χ3n) is 6.02. The summed E-state index contributed by atoms with van der Waals surface area (Å²) in [4.78, 5) is 36.9. The van der Waals surface area contributed by atoms with Gasteiger partial charge in [0.25, 0.3) is 11.8 Å². The number of carboxylic acid groups (broad SMARTS) is 1. The Morgan fingerprint density at radius 3 is 2.32 bits per heavy atom. The summed E-state index contributed by atoms with van der Waals surface area (Å²) < 4.78 is 2.10. The molecule has 0 unspecified atom stereocenters. The van der Waals surface area contributed by atoms with Crippen LogP contribution in [-0.4, -0.2) is 27.5 Å². The van der Waals surface area contributed by atoms with Gasteiger partial charge in [0.15, 0.2) is 0 Å². The maximum atomic E-state index is 13.1. The average Bonchev–Trinajstić information content (AvgIpc) is 3.28. The second-order valence-corrected chi connectivity index (χ2v) is 8.08. The van der Waals surface area contributed by atoms with Crippen molar-refractivity contribution in [2.75, 3.05) is 5.01 Å². The molecule has 0 spiro atoms. The number of aromatic carboxylic acids is 1. The van der Waals surface area contributed by atoms with Crippen molar-refractivity contribution in [3.8, 4) is 0 Å². The van der Waals surface area contributed by atoms with E-state index in [1.807, 2.05) is 37.3 Å². The van der Waals surface area contributed by atoms with Crippen LogP contribution in [0.15, 0.2) is 84.4 Å². The molecule has 4 aromatic rings. The molecule has 0 atom stereocenters. The molecule has 0 bridgehead atoms. The molecule has 1 saturated heterocycles. The summed E-state index contributed by atoms with van der Waals surface area (Å²) in [5.74, 6) is -1.82. The Labute approximate surface area is 195 Å². The molecule has 34 heavy (non-hydrogen) atoms. The Morgan fingerprint density at radius 2 is 1.62 bits per heavy atom. The highest BCUT2D eigenvalue weighted by Crippen LogP contribution is 2.30. The number of hydrazine groups is 1. The van der Waals surface area contributed by atoms with E-state index in [9.17, 15) is 14.4 Å². The lowest BCUT2D eigenvalue weighted by Crippen LogP contribution is -2.35. The Morgan fingerprint density at radius 1 is 0.941 bits per heavy atom. The highest BCUT2D eigenvalue weighted by Gasteiger charge is 2.34. The maximum absolute atomic E-state index is 13.1. The second-order valence-electron chi connectivity index (χ2n) is 8.08. The SMILES string of the molecule is Cc1c(C=C2C(=O)NN(c3ccccc3)C2=O)c2ccccc2n1Cc1ccc(C(=O)O)cc1. The van der Waals surface area contributed by atoms with E-state index in [4.69, 9.17) is 5.11 Å². The fraction of sp³-hybridized carbons (Fsp3) is 0.0741. The van der Waals surface area contributed by atoms with E-state index in [0.29, 0.717) is 12.2 Å². The van der Waals surface area contributed by atoms with Gasteiger partial charge < -0.3 is 9.67 Å². The van der Waals surface area contributed by atoms with Gasteiger partial charge in [-0.3, -0.25) is 15.0 Å². The number of amides is 2. The molecule has 168 valence electrons. The number of carbonyl (C=O) groups excluding carboxylic acids is 2. The molecule has 3 aromatic carbocycles. The largest absolute Gasteiger partial charge is 0.478 e. The van der Waals surface area contributed by atoms with Gasteiger partial charge in [-0.15, -0.1) is 0 Å². The van der Waals surface area contributed by atoms with Crippen LogP contribution in [0.3, 0.4) is 0 Å². The summed E-state index contributed by atoms with van der Waals surface area (Å²) in [6.45, 7) is 2.47. The van der Waals surface area contributed by atoms with Crippen molar-refractivity contribution < 1.29 is 19.5 Å². The minimum atomic E-state index is -0.966. The summed E-state index contributed by atoms with van der Waals surface area (Å²) in [7, 11) is 0. The molecule has 0 radical (unpaired) electrons. The first-order chi connectivity index (χ1) is 16.4. The van der Waals surface area contributed by atoms with Crippen molar-refractivity contribution in [1.82, 2.24) is 9.99 Å². The number of rotatable bonds is 5. The Hall–Kier alpha value is -4.65. The lowest BCUT2D eigenvalue weighted by molar-refractivity contribution is -0.117. The molecule has 2 N–H and O–H groups in total. The minimum Gasteiger partial charge on any atom is -0.478 e. The number of anilines is 1. The van der Waals surface area contributed by atoms with E-state index >= 15 is 0 Å². The van der Waals surface area contributed by atoms with E-state index in [1.165, 1.54) is 5.01 Å². The number of nitrogens with zero attached hydrogens (tertiary/aromatic N) is 2. The van der Waals surface area contributed by atoms with Crippen LogP contribution in [0.25, 0.3) is 17.0 Å². The zero-order chi connectivity index (χ0) is 23.8. The fourth-order valence-electron chi connectivity index (χ4n) is 4.24. The molecule has 1 fully saturated rings. The summed E-state index contributed by atoms with van der Waals surface area (Å²) in [6, 6.07) is 23.5. The van der Waals surface area contributed by atoms with Crippen LogP contribution in [0, 0.1) is 6.92 Å². The molecular formula is C27H21N3O4. The number of hydrogen-bond acceptors (Lipinski definition) is 3. The van der Waals surface area contributed by atoms with Gasteiger partial charge in [-0.05, 0) is 48.9 Å². The van der Waals surface area contributed by atoms with Crippen LogP contribution in [0.4, 0.5) is 5.69 Å². The first kappa shape index (κ1) is 21.2. The predicted octanol–water partition coefficient (Wildman–Crippen LogP) is 4.16. The molecule has 1 aliphatic heterocycles. The molecule has 0 aliphatic carbocycles. The second kappa shape index (κ2) is 8.37. The topological polar surface area (TPSA) is 91.6 Å². The minimum absolute atomic E-state index is 0.0701. The number of benzene rings is 3. The molecule has 2 amide bonds. The van der Waals surface area contributed by atoms with Gasteiger partial charge in [-0.2, -0.15) is 0 Å². The van der Waals surface area contributed by atoms with Crippen LogP contribution >= 0.6 is 0 Å². The third-order valence-corrected chi connectivity index (χ3v) is 6.02. The fourth-order valence-corrected chi connectivity index (χ4v) is 4.24. The third kappa shape index (κ3) is 3.63. The molecule has 7 heteroatoms. The molecule has 7 nitrogen and oxygen atoms in total. The van der Waals surface area contributed by atoms with Gasteiger partial charge in [0.05, 0.1) is 11.3 Å². The first-order valence-corrected chi connectivity index (χ1v) is 10.8. The van der Waals surface area contributed by atoms with Crippen molar-refractivity contribution >= 4 is 40.4 Å². The monoisotopic (exact) mass is 451 g/mol. The lowest BCUT2D eigenvalue weighted by Gasteiger charge is -2.13. The van der Waals surface area contributed by atoms with Crippen molar-refractivity contribution in [2.45, 2.75) is 13.5 Å². The number of nitrogens with one attached hydrogen (secondary N) is 1. The number of carboxylic acids is 1. The van der Waals surface area contributed by atoms with Gasteiger partial charge in [0.2, 0.25) is 0 Å². The van der Waals surface area contributed by atoms with E-state index in [2.05, 4.69) is 9.99 Å². The van der Waals surface area contributed by atoms with Gasteiger partial charge in [0.1, 0.15) is 5.57 Å². The first-order valence-electron chi connectivity index (χ1n) is 10.8. The smallest absolute Gasteiger partial charge is 0.335 e. The molecule has 1 aliphatic rings. The molecular weight excluding hydrogens is 430 g/mol. The maximum Gasteiger partial charge on any atom is 0.335 e. The van der Waals surface area contributed by atoms with E-state index in [0.717, 1.165) is 27.7 Å². The Balaban J connectivity index is 1.55. The summed E-state index contributed by atoms with van der Waals surface area (Å²) in [5.41, 5.74) is 7.13. The summed E-state index contributed by atoms with van der Waals surface area (Å²) in [6.07, 6.45) is 1.66. The standard InChI is InChI=1S/C27H21N3O4/c1-17-22(15-23-25(31)28-30(26(23)32)20-7-3-2-4-8-20)21-9-5-6-10-24(21)29(17)16-18-11-13-19(14-12-18)27(33)34/h2-15H,16H2,1H3,(H,28,31)(H,33,34). The van der Waals surface area contributed by atoms with Crippen LogP contribution in [-0.2, 0) is 16.1 Å². The highest BCUT2D eigenvalue weighted by atomic mass is 16.4. The van der Waals surface area contributed by atoms with E-state index in [-0.39, 0.29) is 11.1 Å². The van der Waals surface area contributed by atoms with Crippen LogP contribution < -0.4 is 10.4 Å². The van der Waals surface area contributed by atoms with E-state index < -0.39 is 17.8 Å². The lowest BCUT2D eigenvalue weighted by atomic mass is 10.1. The average molecular weight is 451 g/mol. The van der Waals surface area contributed by atoms with E-state index in [1.54, 1.807) is 54.6 Å². The zero-order valence-electron chi connectivity index (χ0n) is 18.4. The van der Waals surface area contributed by atoms with Gasteiger partial charge >= 0.3 is 5.97 Å². The summed E-state index contributed by atoms with van der Waals surface area (Å²) in [5, 5.41) is 11.3. The van der Waals surface area contributed by atoms with Crippen molar-refractivity contribution in [3.05, 3.63) is 107 Å². The number of fused-ring (bicyclic) bond motifs is 1. The number of carbonyl (C=O) groups is 3. The number of aromatic nitrogens is 1. The number of para-hydroxylation sites is 2. The van der Waals surface area contributed by atoms with Crippen LogP contribution in [0.1, 0.15) is 27.2 Å². The quantitative estimate of drug-likeness (QED) is 0.352. The van der Waals surface area contributed by atoms with Crippen molar-refractivity contribution in [1.29, 1.82) is 0 Å². The highest BCUT2D eigenvalue weighted by molar-refractivity contribution is 6.32. The Kier molecular flexibility index (Phi) is 5.22. The molecule has 2 heterocycles. The molecule has 5 rings (SSSR count). The van der Waals surface area contributed by atoms with Gasteiger partial charge in [-0.25, -0.2) is 9.80 Å². The zero-order valence-corrected chi connectivity index (χ0v) is 18.4. The van der Waals surface area contributed by atoms with Crippen molar-refractivity contribution in [2.24, 2.45) is 0 Å². The Bertz CT molecular complexity index is 1470. The molecule has 0 saturated carbocycles. The van der Waals surface area contributed by atoms with Crippen LogP contribution in [0.2, 0.25) is 0 Å². The van der Waals surface area contributed by atoms with Crippen molar-refractivity contribution in [3.63, 3.8) is 0 Å². The predicted molar refractivity (Wildman–Crippen MR) is 129 cm³/mol. The van der Waals surface area contributed by atoms with Crippen LogP contribution in [0.5, 0.6) is 0 Å². The molecule has 1 aromatic heterocycles. The summed E-state index contributed by atoms with van der Waals surface area (Å²) >= 11 is 0. The van der Waals surface area contributed by atoms with Gasteiger partial charge in [0, 0.05) is 28.7 Å². The normalized spacial score (nSPS) is 14.7.